The van der Waals surface area contributed by atoms with Gasteiger partial charge in [0.15, 0.2) is 0 Å². The van der Waals surface area contributed by atoms with Crippen LogP contribution in [0.3, 0.4) is 0 Å². The van der Waals surface area contributed by atoms with Crippen LogP contribution in [0.25, 0.3) is 5.70 Å². The molecule has 0 unspecified atom stereocenters. The van der Waals surface area contributed by atoms with Crippen molar-refractivity contribution in [3.63, 3.8) is 0 Å². The number of amides is 2. The fourth-order valence-corrected chi connectivity index (χ4v) is 3.96. The number of aryl methyl sites for hydroxylation is 1. The molecule has 6 nitrogen and oxygen atoms in total. The molecule has 30 heavy (non-hydrogen) atoms. The van der Waals surface area contributed by atoms with Gasteiger partial charge in [0.25, 0.3) is 11.8 Å². The van der Waals surface area contributed by atoms with Gasteiger partial charge in [0.2, 0.25) is 0 Å². The molecular weight excluding hydrogens is 376 g/mol. The molecule has 6 heteroatoms. The van der Waals surface area contributed by atoms with Crippen LogP contribution in [-0.4, -0.2) is 23.7 Å². The lowest BCUT2D eigenvalue weighted by Crippen LogP contribution is -2.33. The minimum Gasteiger partial charge on any atom is -0.349 e. The number of nitrogens with zero attached hydrogens (tertiary/aromatic N) is 2. The van der Waals surface area contributed by atoms with Crippen molar-refractivity contribution in [2.75, 3.05) is 0 Å². The molecule has 0 aromatic heterocycles. The predicted molar refractivity (Wildman–Crippen MR) is 115 cm³/mol. The molecule has 1 aliphatic heterocycles. The summed E-state index contributed by atoms with van der Waals surface area (Å²) in [5, 5.41) is 15.5. The van der Waals surface area contributed by atoms with Crippen LogP contribution < -0.4 is 10.6 Å². The summed E-state index contributed by atoms with van der Waals surface area (Å²) >= 11 is 0. The molecule has 2 aromatic rings. The quantitative estimate of drug-likeness (QED) is 0.612. The van der Waals surface area contributed by atoms with Crippen molar-refractivity contribution >= 4 is 23.3 Å². The lowest BCUT2D eigenvalue weighted by molar-refractivity contribution is -0.117. The molecule has 0 saturated heterocycles. The first-order valence-electron chi connectivity index (χ1n) is 10.1. The van der Waals surface area contributed by atoms with Gasteiger partial charge in [-0.15, -0.1) is 0 Å². The third-order valence-corrected chi connectivity index (χ3v) is 5.55. The zero-order valence-electron chi connectivity index (χ0n) is 16.7. The summed E-state index contributed by atoms with van der Waals surface area (Å²) in [5.41, 5.74) is 3.02. The molecule has 1 heterocycles. The highest BCUT2D eigenvalue weighted by molar-refractivity contribution is 6.20. The van der Waals surface area contributed by atoms with Gasteiger partial charge in [-0.05, 0) is 31.4 Å². The number of nitrogens with one attached hydrogen (secondary N) is 2. The standard InChI is InChI=1S/C24H22N4O2/c1-15-8-2-5-11-17(15)23(29)28-22-19-13-7-6-12-18(19)21(27-22)20(14-25)24(30)26-16-9-3-4-10-16/h2,5-8,11-13,16H,3-4,9-10H2,1H3,(H,26,30)(H,27,28,29). The van der Waals surface area contributed by atoms with E-state index >= 15 is 0 Å². The number of nitriles is 1. The Morgan fingerprint density at radius 1 is 1.03 bits per heavy atom. The van der Waals surface area contributed by atoms with Crippen molar-refractivity contribution in [2.24, 2.45) is 4.99 Å². The Bertz CT molecular complexity index is 1120. The van der Waals surface area contributed by atoms with Crippen LogP contribution in [0.4, 0.5) is 0 Å². The Morgan fingerprint density at radius 2 is 1.70 bits per heavy atom. The van der Waals surface area contributed by atoms with Crippen LogP contribution in [0.15, 0.2) is 59.1 Å². The molecule has 1 fully saturated rings. The van der Waals surface area contributed by atoms with Crippen molar-refractivity contribution < 1.29 is 9.59 Å². The minimum absolute atomic E-state index is 0.0329. The summed E-state index contributed by atoms with van der Waals surface area (Å²) in [6.45, 7) is 1.87. The zero-order chi connectivity index (χ0) is 21.1. The Morgan fingerprint density at radius 3 is 2.40 bits per heavy atom. The molecule has 0 atom stereocenters. The molecule has 0 bridgehead atoms. The molecule has 1 saturated carbocycles. The summed E-state index contributed by atoms with van der Waals surface area (Å²) in [6.07, 6.45) is 4.02. The predicted octanol–water partition coefficient (Wildman–Crippen LogP) is 3.48. The van der Waals surface area contributed by atoms with E-state index < -0.39 is 5.91 Å². The topological polar surface area (TPSA) is 94.3 Å². The Kier molecular flexibility index (Phi) is 5.44. The number of hydrogen-bond donors (Lipinski definition) is 2. The van der Waals surface area contributed by atoms with E-state index in [0.29, 0.717) is 28.2 Å². The fraction of sp³-hybridized carbons (Fsp3) is 0.250. The van der Waals surface area contributed by atoms with Crippen LogP contribution in [0.5, 0.6) is 0 Å². The summed E-state index contributed by atoms with van der Waals surface area (Å²) in [5.74, 6) is -0.350. The van der Waals surface area contributed by atoms with Gasteiger partial charge in [-0.1, -0.05) is 55.3 Å². The van der Waals surface area contributed by atoms with Crippen LogP contribution in [0.2, 0.25) is 0 Å². The van der Waals surface area contributed by atoms with Crippen LogP contribution in [-0.2, 0) is 4.79 Å². The number of carbonyl (C=O) groups is 2. The van der Waals surface area contributed by atoms with E-state index in [4.69, 9.17) is 0 Å². The van der Waals surface area contributed by atoms with Gasteiger partial charge in [0, 0.05) is 22.7 Å². The van der Waals surface area contributed by atoms with Crippen LogP contribution >= 0.6 is 0 Å². The smallest absolute Gasteiger partial charge is 0.264 e. The number of benzene rings is 2. The monoisotopic (exact) mass is 398 g/mol. The van der Waals surface area contributed by atoms with E-state index in [2.05, 4.69) is 15.6 Å². The second-order valence-corrected chi connectivity index (χ2v) is 7.57. The molecule has 2 amide bonds. The van der Waals surface area contributed by atoms with Gasteiger partial charge in [-0.3, -0.25) is 9.59 Å². The van der Waals surface area contributed by atoms with Gasteiger partial charge >= 0.3 is 0 Å². The molecule has 2 aromatic carbocycles. The van der Waals surface area contributed by atoms with Crippen LogP contribution in [0, 0.1) is 18.3 Å². The van der Waals surface area contributed by atoms with Gasteiger partial charge in [-0.2, -0.15) is 5.26 Å². The number of hydrogen-bond acceptors (Lipinski definition) is 4. The van der Waals surface area contributed by atoms with Crippen LogP contribution in [0.1, 0.15) is 52.7 Å². The first-order chi connectivity index (χ1) is 14.6. The lowest BCUT2D eigenvalue weighted by Gasteiger charge is -2.11. The van der Waals surface area contributed by atoms with Gasteiger partial charge in [-0.25, -0.2) is 4.99 Å². The summed E-state index contributed by atoms with van der Waals surface area (Å²) in [7, 11) is 0. The first kappa shape index (κ1) is 19.6. The molecule has 0 radical (unpaired) electrons. The Balaban J connectivity index is 1.68. The summed E-state index contributed by atoms with van der Waals surface area (Å²) in [6, 6.07) is 16.7. The number of fused-ring (bicyclic) bond motifs is 1. The van der Waals surface area contributed by atoms with E-state index in [9.17, 15) is 14.9 Å². The second-order valence-electron chi connectivity index (χ2n) is 7.57. The SMILES string of the molecule is Cc1ccccc1C(=O)NC1=NC(=C(C#N)C(=O)NC2CCCC2)c2ccccc21. The molecule has 1 aliphatic carbocycles. The maximum atomic E-state index is 12.8. The molecule has 2 N–H and O–H groups in total. The second kappa shape index (κ2) is 8.34. The van der Waals surface area contributed by atoms with Gasteiger partial charge in [0.05, 0.1) is 5.70 Å². The third-order valence-electron chi connectivity index (χ3n) is 5.55. The number of aliphatic imine (C=N–C) groups is 1. The van der Waals surface area contributed by atoms with Crippen molar-refractivity contribution in [2.45, 2.75) is 38.6 Å². The maximum Gasteiger partial charge on any atom is 0.264 e. The van der Waals surface area contributed by atoms with Crippen molar-refractivity contribution in [3.8, 4) is 6.07 Å². The third kappa shape index (κ3) is 3.74. The summed E-state index contributed by atoms with van der Waals surface area (Å²) in [4.78, 5) is 30.1. The normalized spacial score (nSPS) is 17.0. The molecule has 2 aliphatic rings. The van der Waals surface area contributed by atoms with E-state index in [1.165, 1.54) is 0 Å². The van der Waals surface area contributed by atoms with Gasteiger partial charge < -0.3 is 10.6 Å². The first-order valence-corrected chi connectivity index (χ1v) is 10.1. The highest BCUT2D eigenvalue weighted by atomic mass is 16.2. The van der Waals surface area contributed by atoms with Gasteiger partial charge in [0.1, 0.15) is 17.5 Å². The minimum atomic E-state index is -0.413. The van der Waals surface area contributed by atoms with E-state index in [1.54, 1.807) is 18.2 Å². The highest BCUT2D eigenvalue weighted by Crippen LogP contribution is 2.31. The average Bonchev–Trinajstić information content (AvgIpc) is 3.38. The molecular formula is C24H22N4O2. The average molecular weight is 398 g/mol. The molecule has 4 rings (SSSR count). The van der Waals surface area contributed by atoms with Crippen molar-refractivity contribution in [1.29, 1.82) is 5.26 Å². The molecule has 150 valence electrons. The highest BCUT2D eigenvalue weighted by Gasteiger charge is 2.28. The lowest BCUT2D eigenvalue weighted by atomic mass is 10.0. The van der Waals surface area contributed by atoms with Crippen molar-refractivity contribution in [3.05, 3.63) is 76.4 Å². The number of carbonyl (C=O) groups excluding carboxylic acids is 2. The largest absolute Gasteiger partial charge is 0.349 e. The Labute approximate surface area is 175 Å². The van der Waals surface area contributed by atoms with Crippen molar-refractivity contribution in [1.82, 2.24) is 10.6 Å². The maximum absolute atomic E-state index is 12.8. The number of rotatable bonds is 3. The van der Waals surface area contributed by atoms with E-state index in [-0.39, 0.29) is 17.5 Å². The number of amidine groups is 1. The zero-order valence-corrected chi connectivity index (χ0v) is 16.7. The summed E-state index contributed by atoms with van der Waals surface area (Å²) < 4.78 is 0. The Hall–Kier alpha value is -3.72. The van der Waals surface area contributed by atoms with E-state index in [0.717, 1.165) is 31.2 Å². The van der Waals surface area contributed by atoms with E-state index in [1.807, 2.05) is 43.3 Å². The fourth-order valence-electron chi connectivity index (χ4n) is 3.96. The molecule has 0 spiro atoms.